The minimum Gasteiger partial charge on any atom is -0.507 e. The molecule has 2 aliphatic heterocycles. The van der Waals surface area contributed by atoms with Crippen molar-refractivity contribution < 1.29 is 14.6 Å². The Labute approximate surface area is 158 Å². The van der Waals surface area contributed by atoms with Gasteiger partial charge in [-0.2, -0.15) is 0 Å². The first kappa shape index (κ1) is 19.2. The van der Waals surface area contributed by atoms with Gasteiger partial charge in [0, 0.05) is 32.2 Å². The Kier molecular flexibility index (Phi) is 6.58. The molecule has 0 radical (unpaired) electrons. The Balaban J connectivity index is 1.49. The summed E-state index contributed by atoms with van der Waals surface area (Å²) in [5.74, 6) is 0.170. The molecule has 2 heterocycles. The Bertz CT molecular complexity index is 637. The highest BCUT2D eigenvalue weighted by Gasteiger charge is 2.24. The third-order valence-corrected chi connectivity index (χ3v) is 5.38. The standard InChI is InChI=1S/C18H27ClN4O3/c19-15-7-14(17(24)8-16(15)20)18(25)22-9-13-11-23(5-6-26-13)10-12-1-3-21-4-2-12/h7-8,12-13,21,24H,1-6,9-11,20H2,(H,22,25). The van der Waals surface area contributed by atoms with Crippen LogP contribution in [0.25, 0.3) is 0 Å². The maximum atomic E-state index is 12.3. The number of anilines is 1. The van der Waals surface area contributed by atoms with Crippen LogP contribution in [-0.4, -0.2) is 67.9 Å². The number of nitrogens with one attached hydrogen (secondary N) is 2. The van der Waals surface area contributed by atoms with E-state index in [9.17, 15) is 9.90 Å². The third kappa shape index (κ3) is 5.01. The van der Waals surface area contributed by atoms with Crippen molar-refractivity contribution >= 4 is 23.2 Å². The van der Waals surface area contributed by atoms with Crippen LogP contribution in [0.15, 0.2) is 12.1 Å². The van der Waals surface area contributed by atoms with Gasteiger partial charge in [-0.05, 0) is 37.9 Å². The van der Waals surface area contributed by atoms with Crippen LogP contribution in [0.3, 0.4) is 0 Å². The van der Waals surface area contributed by atoms with Crippen molar-refractivity contribution in [3.8, 4) is 5.75 Å². The van der Waals surface area contributed by atoms with E-state index >= 15 is 0 Å². The smallest absolute Gasteiger partial charge is 0.255 e. The lowest BCUT2D eigenvalue weighted by Crippen LogP contribution is -2.49. The van der Waals surface area contributed by atoms with Gasteiger partial charge in [-0.3, -0.25) is 9.69 Å². The van der Waals surface area contributed by atoms with Gasteiger partial charge in [0.05, 0.1) is 29.0 Å². The lowest BCUT2D eigenvalue weighted by Gasteiger charge is -2.36. The third-order valence-electron chi connectivity index (χ3n) is 5.05. The molecule has 2 aliphatic rings. The van der Waals surface area contributed by atoms with Gasteiger partial charge in [-0.15, -0.1) is 0 Å². The number of rotatable bonds is 5. The van der Waals surface area contributed by atoms with Crippen LogP contribution in [-0.2, 0) is 4.74 Å². The molecule has 2 fully saturated rings. The molecule has 1 aromatic rings. The molecule has 0 saturated carbocycles. The molecule has 0 bridgehead atoms. The fourth-order valence-corrected chi connectivity index (χ4v) is 3.72. The fraction of sp³-hybridized carbons (Fsp3) is 0.611. The van der Waals surface area contributed by atoms with E-state index < -0.39 is 0 Å². The van der Waals surface area contributed by atoms with Crippen molar-refractivity contribution in [1.82, 2.24) is 15.5 Å². The van der Waals surface area contributed by atoms with E-state index in [1.165, 1.54) is 25.0 Å². The minimum atomic E-state index is -0.386. The summed E-state index contributed by atoms with van der Waals surface area (Å²) >= 11 is 5.94. The van der Waals surface area contributed by atoms with E-state index in [2.05, 4.69) is 15.5 Å². The average Bonchev–Trinajstić information content (AvgIpc) is 2.64. The Morgan fingerprint density at radius 2 is 2.19 bits per heavy atom. The second-order valence-corrected chi connectivity index (χ2v) is 7.45. The minimum absolute atomic E-state index is 0.0548. The van der Waals surface area contributed by atoms with Crippen molar-refractivity contribution in [3.05, 3.63) is 22.7 Å². The first-order valence-corrected chi connectivity index (χ1v) is 9.51. The van der Waals surface area contributed by atoms with Crippen molar-refractivity contribution in [1.29, 1.82) is 0 Å². The second-order valence-electron chi connectivity index (χ2n) is 7.05. The number of ether oxygens (including phenoxy) is 1. The van der Waals surface area contributed by atoms with Crippen LogP contribution in [0.4, 0.5) is 5.69 Å². The number of piperidine rings is 1. The van der Waals surface area contributed by atoms with Gasteiger partial charge < -0.3 is 26.2 Å². The monoisotopic (exact) mass is 382 g/mol. The molecule has 5 N–H and O–H groups in total. The molecule has 1 aromatic carbocycles. The molecule has 1 atom stereocenters. The number of morpholine rings is 1. The van der Waals surface area contributed by atoms with E-state index in [4.69, 9.17) is 22.1 Å². The van der Waals surface area contributed by atoms with Crippen LogP contribution in [0, 0.1) is 5.92 Å². The molecule has 1 amide bonds. The van der Waals surface area contributed by atoms with Crippen LogP contribution in [0.1, 0.15) is 23.2 Å². The number of phenols is 1. The van der Waals surface area contributed by atoms with Crippen molar-refractivity contribution in [2.24, 2.45) is 5.92 Å². The molecule has 26 heavy (non-hydrogen) atoms. The highest BCUT2D eigenvalue weighted by Crippen LogP contribution is 2.27. The molecule has 1 unspecified atom stereocenters. The van der Waals surface area contributed by atoms with E-state index in [-0.39, 0.29) is 34.0 Å². The second kappa shape index (κ2) is 8.90. The largest absolute Gasteiger partial charge is 0.507 e. The lowest BCUT2D eigenvalue weighted by atomic mass is 9.97. The van der Waals surface area contributed by atoms with E-state index in [1.54, 1.807) is 0 Å². The zero-order chi connectivity index (χ0) is 18.5. The first-order valence-electron chi connectivity index (χ1n) is 9.14. The summed E-state index contributed by atoms with van der Waals surface area (Å²) in [5, 5.41) is 16.4. The van der Waals surface area contributed by atoms with Gasteiger partial charge in [0.1, 0.15) is 5.75 Å². The zero-order valence-corrected chi connectivity index (χ0v) is 15.6. The number of aromatic hydroxyl groups is 1. The molecule has 3 rings (SSSR count). The number of benzene rings is 1. The highest BCUT2D eigenvalue weighted by molar-refractivity contribution is 6.33. The Morgan fingerprint density at radius 3 is 2.96 bits per heavy atom. The highest BCUT2D eigenvalue weighted by atomic mass is 35.5. The predicted molar refractivity (Wildman–Crippen MR) is 102 cm³/mol. The molecule has 0 spiro atoms. The summed E-state index contributed by atoms with van der Waals surface area (Å²) in [6.07, 6.45) is 2.38. The maximum Gasteiger partial charge on any atom is 0.255 e. The molecular formula is C18H27ClN4O3. The molecule has 8 heteroatoms. The maximum absolute atomic E-state index is 12.3. The zero-order valence-electron chi connectivity index (χ0n) is 14.8. The quantitative estimate of drug-likeness (QED) is 0.568. The van der Waals surface area contributed by atoms with Crippen molar-refractivity contribution in [3.63, 3.8) is 0 Å². The number of nitrogens with two attached hydrogens (primary N) is 1. The average molecular weight is 383 g/mol. The van der Waals surface area contributed by atoms with E-state index in [0.29, 0.717) is 13.2 Å². The number of hydrogen-bond acceptors (Lipinski definition) is 6. The topological polar surface area (TPSA) is 99.8 Å². The Morgan fingerprint density at radius 1 is 1.42 bits per heavy atom. The molecule has 7 nitrogen and oxygen atoms in total. The number of carbonyl (C=O) groups excluding carboxylic acids is 1. The lowest BCUT2D eigenvalue weighted by molar-refractivity contribution is -0.0320. The van der Waals surface area contributed by atoms with Crippen molar-refractivity contribution in [2.75, 3.05) is 51.6 Å². The van der Waals surface area contributed by atoms with Crippen LogP contribution in [0.5, 0.6) is 5.75 Å². The van der Waals surface area contributed by atoms with Gasteiger partial charge >= 0.3 is 0 Å². The molecule has 0 aliphatic carbocycles. The Hall–Kier alpha value is -1.54. The number of halogens is 1. The molecule has 2 saturated heterocycles. The van der Waals surface area contributed by atoms with Crippen molar-refractivity contribution in [2.45, 2.75) is 18.9 Å². The number of carbonyl (C=O) groups is 1. The number of phenolic OH excluding ortho intramolecular Hbond substituents is 1. The molecule has 0 aromatic heterocycles. The van der Waals surface area contributed by atoms with Gasteiger partial charge in [0.15, 0.2) is 0 Å². The summed E-state index contributed by atoms with van der Waals surface area (Å²) in [6.45, 7) is 6.09. The number of amides is 1. The van der Waals surface area contributed by atoms with E-state index in [0.717, 1.165) is 38.6 Å². The molecule has 144 valence electrons. The summed E-state index contributed by atoms with van der Waals surface area (Å²) in [5.41, 5.74) is 5.98. The summed E-state index contributed by atoms with van der Waals surface area (Å²) in [7, 11) is 0. The van der Waals surface area contributed by atoms with Gasteiger partial charge in [0.2, 0.25) is 0 Å². The number of nitrogens with zero attached hydrogens (tertiary/aromatic N) is 1. The van der Waals surface area contributed by atoms with Gasteiger partial charge in [0.25, 0.3) is 5.91 Å². The normalized spacial score (nSPS) is 22.3. The van der Waals surface area contributed by atoms with Gasteiger partial charge in [-0.25, -0.2) is 0 Å². The number of nitrogen functional groups attached to an aromatic ring is 1. The summed E-state index contributed by atoms with van der Waals surface area (Å²) in [4.78, 5) is 14.7. The summed E-state index contributed by atoms with van der Waals surface area (Å²) in [6, 6.07) is 2.67. The van der Waals surface area contributed by atoms with Crippen LogP contribution < -0.4 is 16.4 Å². The van der Waals surface area contributed by atoms with Crippen LogP contribution in [0.2, 0.25) is 5.02 Å². The SMILES string of the molecule is Nc1cc(O)c(C(=O)NCC2CN(CC3CCNCC3)CCO2)cc1Cl. The molecular weight excluding hydrogens is 356 g/mol. The summed E-state index contributed by atoms with van der Waals surface area (Å²) < 4.78 is 5.78. The van der Waals surface area contributed by atoms with Crippen LogP contribution >= 0.6 is 11.6 Å². The predicted octanol–water partition coefficient (Wildman–Crippen LogP) is 1.06. The first-order chi connectivity index (χ1) is 12.5. The van der Waals surface area contributed by atoms with E-state index in [1.807, 2.05) is 0 Å². The van der Waals surface area contributed by atoms with Gasteiger partial charge in [-0.1, -0.05) is 11.6 Å². The number of hydrogen-bond donors (Lipinski definition) is 4. The fourth-order valence-electron chi connectivity index (χ4n) is 3.56.